The van der Waals surface area contributed by atoms with Gasteiger partial charge in [0, 0.05) is 11.5 Å². The minimum Gasteiger partial charge on any atom is -0.352 e. The summed E-state index contributed by atoms with van der Waals surface area (Å²) in [6.45, 7) is 5.06. The molecule has 3 nitrogen and oxygen atoms in total. The van der Waals surface area contributed by atoms with Crippen LogP contribution >= 0.6 is 0 Å². The van der Waals surface area contributed by atoms with Gasteiger partial charge in [-0.3, -0.25) is 4.79 Å². The van der Waals surface area contributed by atoms with Crippen molar-refractivity contribution < 1.29 is 9.53 Å². The maximum atomic E-state index is 12.9. The summed E-state index contributed by atoms with van der Waals surface area (Å²) in [5.74, 6) is 0.909. The van der Waals surface area contributed by atoms with Crippen LogP contribution in [0, 0.1) is 11.8 Å². The molecule has 3 heteroatoms. The molecule has 110 valence electrons. The lowest BCUT2D eigenvalue weighted by molar-refractivity contribution is -0.137. The molecule has 2 heterocycles. The van der Waals surface area contributed by atoms with E-state index >= 15 is 0 Å². The van der Waals surface area contributed by atoms with Gasteiger partial charge in [-0.05, 0) is 32.6 Å². The molecule has 0 N–H and O–H groups in total. The van der Waals surface area contributed by atoms with Gasteiger partial charge in [0.15, 0.2) is 6.23 Å². The van der Waals surface area contributed by atoms with Crippen LogP contribution < -0.4 is 0 Å². The second-order valence-corrected chi connectivity index (χ2v) is 6.65. The zero-order valence-electron chi connectivity index (χ0n) is 12.6. The quantitative estimate of drug-likeness (QED) is 0.740. The molecule has 4 rings (SSSR count). The van der Waals surface area contributed by atoms with Crippen molar-refractivity contribution in [2.75, 3.05) is 6.61 Å². The second-order valence-electron chi connectivity index (χ2n) is 6.65. The SMILES string of the molecule is CC1=C(C)C[C@H]2C(=O)N3C(c4ccccc4)OC[C@@H]3[C@H]2C1. The molecule has 1 aliphatic carbocycles. The third-order valence-electron chi connectivity index (χ3n) is 5.50. The molecule has 0 spiro atoms. The summed E-state index contributed by atoms with van der Waals surface area (Å²) in [6, 6.07) is 10.4. The van der Waals surface area contributed by atoms with Gasteiger partial charge in [-0.2, -0.15) is 0 Å². The molecule has 21 heavy (non-hydrogen) atoms. The molecule has 0 radical (unpaired) electrons. The number of fused-ring (bicyclic) bond motifs is 3. The van der Waals surface area contributed by atoms with Crippen molar-refractivity contribution in [1.29, 1.82) is 0 Å². The first kappa shape index (κ1) is 13.1. The fraction of sp³-hybridized carbons (Fsp3) is 0.500. The van der Waals surface area contributed by atoms with Gasteiger partial charge in [-0.1, -0.05) is 41.5 Å². The summed E-state index contributed by atoms with van der Waals surface area (Å²) in [5.41, 5.74) is 3.96. The first-order chi connectivity index (χ1) is 10.2. The molecular formula is C18H21NO2. The largest absolute Gasteiger partial charge is 0.352 e. The number of allylic oxidation sites excluding steroid dienone is 2. The van der Waals surface area contributed by atoms with Gasteiger partial charge in [-0.25, -0.2) is 0 Å². The highest BCUT2D eigenvalue weighted by atomic mass is 16.5. The average molecular weight is 283 g/mol. The fourth-order valence-electron chi connectivity index (χ4n) is 4.20. The van der Waals surface area contributed by atoms with Gasteiger partial charge < -0.3 is 9.64 Å². The monoisotopic (exact) mass is 283 g/mol. The molecule has 1 aromatic rings. The van der Waals surface area contributed by atoms with Gasteiger partial charge in [0.25, 0.3) is 0 Å². The molecule has 1 amide bonds. The molecule has 0 saturated carbocycles. The second kappa shape index (κ2) is 4.70. The van der Waals surface area contributed by atoms with Crippen LogP contribution in [0.1, 0.15) is 38.5 Å². The maximum absolute atomic E-state index is 12.9. The van der Waals surface area contributed by atoms with E-state index in [9.17, 15) is 4.79 Å². The van der Waals surface area contributed by atoms with Crippen LogP contribution in [0.25, 0.3) is 0 Å². The molecule has 1 aromatic carbocycles. The lowest BCUT2D eigenvalue weighted by atomic mass is 9.76. The topological polar surface area (TPSA) is 29.5 Å². The van der Waals surface area contributed by atoms with E-state index in [1.807, 2.05) is 23.1 Å². The molecule has 0 bridgehead atoms. The van der Waals surface area contributed by atoms with Gasteiger partial charge in [0.05, 0.1) is 12.6 Å². The number of hydrogen-bond donors (Lipinski definition) is 0. The minimum atomic E-state index is -0.185. The molecule has 2 saturated heterocycles. The number of nitrogens with zero attached hydrogens (tertiary/aromatic N) is 1. The summed E-state index contributed by atoms with van der Waals surface area (Å²) in [6.07, 6.45) is 1.80. The minimum absolute atomic E-state index is 0.175. The summed E-state index contributed by atoms with van der Waals surface area (Å²) < 4.78 is 5.98. The summed E-state index contributed by atoms with van der Waals surface area (Å²) in [4.78, 5) is 14.9. The van der Waals surface area contributed by atoms with Crippen molar-refractivity contribution in [2.24, 2.45) is 11.8 Å². The van der Waals surface area contributed by atoms with E-state index in [2.05, 4.69) is 26.0 Å². The summed E-state index contributed by atoms with van der Waals surface area (Å²) >= 11 is 0. The van der Waals surface area contributed by atoms with Crippen molar-refractivity contribution in [1.82, 2.24) is 4.90 Å². The van der Waals surface area contributed by atoms with Crippen molar-refractivity contribution in [3.8, 4) is 0 Å². The lowest BCUT2D eigenvalue weighted by Gasteiger charge is -2.27. The Hall–Kier alpha value is -1.61. The predicted molar refractivity (Wildman–Crippen MR) is 80.4 cm³/mol. The van der Waals surface area contributed by atoms with Crippen LogP contribution in [-0.4, -0.2) is 23.5 Å². The number of rotatable bonds is 1. The van der Waals surface area contributed by atoms with E-state index in [0.29, 0.717) is 18.4 Å². The molecule has 1 unspecified atom stereocenters. The Kier molecular flexibility index (Phi) is 2.93. The van der Waals surface area contributed by atoms with E-state index < -0.39 is 0 Å². The molecule has 2 aliphatic heterocycles. The Morgan fingerprint density at radius 2 is 1.81 bits per heavy atom. The van der Waals surface area contributed by atoms with Crippen LogP contribution in [-0.2, 0) is 9.53 Å². The highest BCUT2D eigenvalue weighted by molar-refractivity contribution is 5.83. The predicted octanol–water partition coefficient (Wildman–Crippen LogP) is 3.29. The van der Waals surface area contributed by atoms with E-state index in [1.54, 1.807) is 0 Å². The Balaban J connectivity index is 1.66. The number of carbonyl (C=O) groups excluding carboxylic acids is 1. The van der Waals surface area contributed by atoms with Gasteiger partial charge in [0.1, 0.15) is 0 Å². The average Bonchev–Trinajstić information content (AvgIpc) is 3.03. The third-order valence-corrected chi connectivity index (χ3v) is 5.50. The van der Waals surface area contributed by atoms with Gasteiger partial charge >= 0.3 is 0 Å². The van der Waals surface area contributed by atoms with Crippen LogP contribution in [0.15, 0.2) is 41.5 Å². The molecule has 4 atom stereocenters. The number of ether oxygens (including phenoxy) is 1. The number of hydrogen-bond acceptors (Lipinski definition) is 2. The van der Waals surface area contributed by atoms with Gasteiger partial charge in [0.2, 0.25) is 5.91 Å². The van der Waals surface area contributed by atoms with Crippen LogP contribution in [0.5, 0.6) is 0 Å². The zero-order valence-corrected chi connectivity index (χ0v) is 12.6. The molecule has 2 fully saturated rings. The Morgan fingerprint density at radius 3 is 2.57 bits per heavy atom. The van der Waals surface area contributed by atoms with Crippen LogP contribution in [0.4, 0.5) is 0 Å². The summed E-state index contributed by atoms with van der Waals surface area (Å²) in [5, 5.41) is 0. The number of amides is 1. The maximum Gasteiger partial charge on any atom is 0.229 e. The normalized spacial score (nSPS) is 35.1. The Bertz CT molecular complexity index is 607. The first-order valence-electron chi connectivity index (χ1n) is 7.81. The van der Waals surface area contributed by atoms with E-state index in [1.165, 1.54) is 11.1 Å². The molecule has 0 aromatic heterocycles. The van der Waals surface area contributed by atoms with Crippen LogP contribution in [0.2, 0.25) is 0 Å². The van der Waals surface area contributed by atoms with E-state index in [4.69, 9.17) is 4.74 Å². The third kappa shape index (κ3) is 1.87. The standard InChI is InChI=1S/C18H21NO2/c1-11-8-14-15(9-12(11)2)17(20)19-16(14)10-21-18(19)13-6-4-3-5-7-13/h3-7,14-16,18H,8-10H2,1-2H3/t14-,15+,16+,18?/m0/s1. The van der Waals surface area contributed by atoms with Crippen molar-refractivity contribution in [3.63, 3.8) is 0 Å². The Morgan fingerprint density at radius 1 is 1.10 bits per heavy atom. The van der Waals surface area contributed by atoms with Gasteiger partial charge in [-0.15, -0.1) is 0 Å². The smallest absolute Gasteiger partial charge is 0.229 e. The lowest BCUT2D eigenvalue weighted by Crippen LogP contribution is -2.32. The first-order valence-corrected chi connectivity index (χ1v) is 7.81. The van der Waals surface area contributed by atoms with Crippen molar-refractivity contribution in [3.05, 3.63) is 47.0 Å². The molecular weight excluding hydrogens is 262 g/mol. The summed E-state index contributed by atoms with van der Waals surface area (Å²) in [7, 11) is 0. The van der Waals surface area contributed by atoms with E-state index in [-0.39, 0.29) is 18.2 Å². The zero-order chi connectivity index (χ0) is 14.6. The number of benzene rings is 1. The number of carbonyl (C=O) groups is 1. The van der Waals surface area contributed by atoms with E-state index in [0.717, 1.165) is 18.4 Å². The highest BCUT2D eigenvalue weighted by Gasteiger charge is 2.55. The van der Waals surface area contributed by atoms with Crippen molar-refractivity contribution >= 4 is 5.91 Å². The Labute approximate surface area is 125 Å². The highest BCUT2D eigenvalue weighted by Crippen LogP contribution is 2.49. The molecule has 3 aliphatic rings. The van der Waals surface area contributed by atoms with Crippen molar-refractivity contribution in [2.45, 2.75) is 39.0 Å². The van der Waals surface area contributed by atoms with Crippen LogP contribution in [0.3, 0.4) is 0 Å². The fourth-order valence-corrected chi connectivity index (χ4v) is 4.20.